The summed E-state index contributed by atoms with van der Waals surface area (Å²) in [6.07, 6.45) is 4.30. The van der Waals surface area contributed by atoms with E-state index in [1.54, 1.807) is 18.3 Å². The number of nitriles is 1. The summed E-state index contributed by atoms with van der Waals surface area (Å²) in [6.45, 7) is 6.34. The molecule has 2 aromatic carbocycles. The summed E-state index contributed by atoms with van der Waals surface area (Å²) in [5.74, 6) is 0.923. The summed E-state index contributed by atoms with van der Waals surface area (Å²) in [4.78, 5) is 34.9. The molecule has 200 valence electrons. The number of likely N-dealkylation sites (tertiary alicyclic amines) is 1. The Morgan fingerprint density at radius 2 is 1.74 bits per heavy atom. The lowest BCUT2D eigenvalue weighted by Crippen LogP contribution is -2.38. The van der Waals surface area contributed by atoms with E-state index in [1.807, 2.05) is 54.3 Å². The van der Waals surface area contributed by atoms with Crippen molar-refractivity contribution in [2.45, 2.75) is 32.1 Å². The molecule has 2 saturated heterocycles. The lowest BCUT2D eigenvalue weighted by Gasteiger charge is -2.32. The van der Waals surface area contributed by atoms with Gasteiger partial charge in [-0.15, -0.1) is 0 Å². The van der Waals surface area contributed by atoms with Gasteiger partial charge in [0.2, 0.25) is 0 Å². The van der Waals surface area contributed by atoms with Gasteiger partial charge in [0.05, 0.1) is 23.8 Å². The van der Waals surface area contributed by atoms with Crippen molar-refractivity contribution >= 4 is 23.3 Å². The maximum absolute atomic E-state index is 13.3. The minimum absolute atomic E-state index is 0.0313. The van der Waals surface area contributed by atoms with Gasteiger partial charge in [0.1, 0.15) is 5.82 Å². The number of ether oxygens (including phenoxy) is 1. The second-order valence-corrected chi connectivity index (χ2v) is 10.1. The molecule has 0 saturated carbocycles. The molecule has 8 heteroatoms. The normalized spacial score (nSPS) is 16.3. The van der Waals surface area contributed by atoms with Crippen molar-refractivity contribution < 1.29 is 14.3 Å². The van der Waals surface area contributed by atoms with Crippen LogP contribution in [0.25, 0.3) is 0 Å². The molecule has 39 heavy (non-hydrogen) atoms. The Balaban J connectivity index is 1.21. The van der Waals surface area contributed by atoms with Gasteiger partial charge in [0, 0.05) is 50.2 Å². The molecule has 2 amide bonds. The molecular formula is C31H33N5O3. The predicted octanol–water partition coefficient (Wildman–Crippen LogP) is 4.76. The van der Waals surface area contributed by atoms with Crippen molar-refractivity contribution in [1.29, 1.82) is 5.26 Å². The Morgan fingerprint density at radius 3 is 2.46 bits per heavy atom. The highest BCUT2D eigenvalue weighted by molar-refractivity contribution is 6.05. The molecule has 3 aromatic rings. The number of benzene rings is 2. The van der Waals surface area contributed by atoms with Gasteiger partial charge in [0.15, 0.2) is 0 Å². The average molecular weight is 524 g/mol. The third-order valence-electron chi connectivity index (χ3n) is 7.58. The molecule has 2 aliphatic heterocycles. The quantitative estimate of drug-likeness (QED) is 0.518. The number of nitrogens with one attached hydrogen (secondary N) is 1. The predicted molar refractivity (Wildman–Crippen MR) is 150 cm³/mol. The van der Waals surface area contributed by atoms with Gasteiger partial charge in [-0.25, -0.2) is 4.98 Å². The van der Waals surface area contributed by atoms with E-state index in [-0.39, 0.29) is 11.8 Å². The molecule has 5 rings (SSSR count). The van der Waals surface area contributed by atoms with E-state index in [4.69, 9.17) is 10.00 Å². The average Bonchev–Trinajstić information content (AvgIpc) is 3.28. The van der Waals surface area contributed by atoms with Crippen molar-refractivity contribution in [3.63, 3.8) is 0 Å². The number of anilines is 2. The number of carbonyl (C=O) groups excluding carboxylic acids is 2. The molecule has 0 atom stereocenters. The summed E-state index contributed by atoms with van der Waals surface area (Å²) < 4.78 is 5.51. The molecule has 1 aromatic heterocycles. The first kappa shape index (κ1) is 26.4. The van der Waals surface area contributed by atoms with E-state index in [1.165, 1.54) is 5.56 Å². The fraction of sp³-hybridized carbons (Fsp3) is 0.355. The molecule has 0 radical (unpaired) electrons. The minimum atomic E-state index is -0.260. The Labute approximate surface area is 229 Å². The number of aromatic nitrogens is 1. The number of aryl methyl sites for hydroxylation is 1. The summed E-state index contributed by atoms with van der Waals surface area (Å²) in [6, 6.07) is 19.0. The molecule has 3 heterocycles. The summed E-state index contributed by atoms with van der Waals surface area (Å²) in [5.41, 5.74) is 4.39. The Bertz CT molecular complexity index is 1350. The maximum Gasteiger partial charge on any atom is 0.257 e. The van der Waals surface area contributed by atoms with Crippen LogP contribution in [0.2, 0.25) is 0 Å². The molecule has 2 fully saturated rings. The first-order valence-corrected chi connectivity index (χ1v) is 13.5. The number of hydrogen-bond donors (Lipinski definition) is 1. The fourth-order valence-electron chi connectivity index (χ4n) is 5.20. The minimum Gasteiger partial charge on any atom is -0.380 e. The molecule has 2 aliphatic rings. The van der Waals surface area contributed by atoms with Crippen LogP contribution in [0.15, 0.2) is 60.8 Å². The highest BCUT2D eigenvalue weighted by atomic mass is 16.5. The number of carbonyl (C=O) groups is 2. The number of piperidine rings is 1. The number of amides is 2. The van der Waals surface area contributed by atoms with Gasteiger partial charge in [-0.2, -0.15) is 5.26 Å². The van der Waals surface area contributed by atoms with Crippen LogP contribution in [0.4, 0.5) is 11.5 Å². The molecule has 0 unspecified atom stereocenters. The van der Waals surface area contributed by atoms with Crippen LogP contribution in [0, 0.1) is 18.3 Å². The monoisotopic (exact) mass is 523 g/mol. The molecule has 0 bridgehead atoms. The van der Waals surface area contributed by atoms with Crippen molar-refractivity contribution in [3.8, 4) is 6.07 Å². The first-order chi connectivity index (χ1) is 19.0. The second kappa shape index (κ2) is 12.1. The van der Waals surface area contributed by atoms with Crippen LogP contribution in [-0.4, -0.2) is 61.1 Å². The van der Waals surface area contributed by atoms with Crippen molar-refractivity contribution in [2.24, 2.45) is 0 Å². The summed E-state index contributed by atoms with van der Waals surface area (Å²) in [5, 5.41) is 12.0. The van der Waals surface area contributed by atoms with Gasteiger partial charge in [-0.3, -0.25) is 9.59 Å². The molecule has 8 nitrogen and oxygen atoms in total. The summed E-state index contributed by atoms with van der Waals surface area (Å²) in [7, 11) is 0. The molecule has 1 N–H and O–H groups in total. The van der Waals surface area contributed by atoms with Crippen LogP contribution >= 0.6 is 0 Å². The Hall–Kier alpha value is -4.22. The number of pyridine rings is 1. The highest BCUT2D eigenvalue weighted by Gasteiger charge is 2.25. The van der Waals surface area contributed by atoms with Crippen LogP contribution in [0.1, 0.15) is 62.6 Å². The highest BCUT2D eigenvalue weighted by Crippen LogP contribution is 2.29. The van der Waals surface area contributed by atoms with Gasteiger partial charge in [0.25, 0.3) is 11.8 Å². The summed E-state index contributed by atoms with van der Waals surface area (Å²) >= 11 is 0. The van der Waals surface area contributed by atoms with E-state index in [0.717, 1.165) is 50.3 Å². The van der Waals surface area contributed by atoms with Gasteiger partial charge < -0.3 is 19.9 Å². The maximum atomic E-state index is 13.3. The SMILES string of the molecule is Cc1ccc(C(=O)N2CCC(c3ccc(C#N)cc3)CC2)cc1NC(=O)c1ccc(N2CCCOCC2)nc1. The van der Waals surface area contributed by atoms with Gasteiger partial charge in [-0.05, 0) is 79.6 Å². The van der Waals surface area contributed by atoms with E-state index in [2.05, 4.69) is 21.3 Å². The lowest BCUT2D eigenvalue weighted by molar-refractivity contribution is 0.0712. The van der Waals surface area contributed by atoms with E-state index >= 15 is 0 Å². The third-order valence-corrected chi connectivity index (χ3v) is 7.58. The van der Waals surface area contributed by atoms with Crippen LogP contribution < -0.4 is 10.2 Å². The van der Waals surface area contributed by atoms with Gasteiger partial charge in [-0.1, -0.05) is 18.2 Å². The topological polar surface area (TPSA) is 98.6 Å². The second-order valence-electron chi connectivity index (χ2n) is 10.1. The Morgan fingerprint density at radius 1 is 0.974 bits per heavy atom. The van der Waals surface area contributed by atoms with Crippen LogP contribution in [0.5, 0.6) is 0 Å². The van der Waals surface area contributed by atoms with E-state index in [9.17, 15) is 9.59 Å². The zero-order valence-corrected chi connectivity index (χ0v) is 22.2. The zero-order valence-electron chi connectivity index (χ0n) is 22.2. The zero-order chi connectivity index (χ0) is 27.2. The first-order valence-electron chi connectivity index (χ1n) is 13.5. The van der Waals surface area contributed by atoms with Crippen LogP contribution in [-0.2, 0) is 4.74 Å². The molecule has 0 aliphatic carbocycles. The standard InChI is InChI=1S/C31H33N5O3/c1-22-3-6-26(31(38)36-14-11-25(12-15-36)24-7-4-23(20-32)5-8-24)19-28(22)34-30(37)27-9-10-29(33-21-27)35-13-2-17-39-18-16-35/h3-10,19,21,25H,2,11-18H2,1H3,(H,34,37). The van der Waals surface area contributed by atoms with Crippen molar-refractivity contribution in [3.05, 3.63) is 88.6 Å². The van der Waals surface area contributed by atoms with E-state index in [0.29, 0.717) is 48.0 Å². The van der Waals surface area contributed by atoms with Crippen molar-refractivity contribution in [1.82, 2.24) is 9.88 Å². The third kappa shape index (κ3) is 6.27. The number of rotatable bonds is 5. The number of nitrogens with zero attached hydrogens (tertiary/aromatic N) is 4. The lowest BCUT2D eigenvalue weighted by atomic mass is 9.89. The molecule has 0 spiro atoms. The fourth-order valence-corrected chi connectivity index (χ4v) is 5.20. The van der Waals surface area contributed by atoms with Gasteiger partial charge >= 0.3 is 0 Å². The molecular weight excluding hydrogens is 490 g/mol. The van der Waals surface area contributed by atoms with Crippen LogP contribution in [0.3, 0.4) is 0 Å². The van der Waals surface area contributed by atoms with Crippen molar-refractivity contribution in [2.75, 3.05) is 49.6 Å². The number of hydrogen-bond acceptors (Lipinski definition) is 6. The smallest absolute Gasteiger partial charge is 0.257 e. The Kier molecular flexibility index (Phi) is 8.18. The van der Waals surface area contributed by atoms with E-state index < -0.39 is 0 Å². The largest absolute Gasteiger partial charge is 0.380 e.